The molecule has 0 bridgehead atoms. The van der Waals surface area contributed by atoms with Gasteiger partial charge in [-0.15, -0.1) is 0 Å². The maximum Gasteiger partial charge on any atom is 0.0831 e. The van der Waals surface area contributed by atoms with Gasteiger partial charge in [0.25, 0.3) is 0 Å². The third-order valence-corrected chi connectivity index (χ3v) is 3.75. The first kappa shape index (κ1) is 13.1. The first-order valence-corrected chi connectivity index (χ1v) is 6.88. The highest BCUT2D eigenvalue weighted by atomic mass is 35.5. The van der Waals surface area contributed by atoms with Crippen molar-refractivity contribution in [1.29, 1.82) is 0 Å². The van der Waals surface area contributed by atoms with Crippen molar-refractivity contribution < 1.29 is 5.11 Å². The van der Waals surface area contributed by atoms with Crippen LogP contribution in [0.5, 0.6) is 0 Å². The van der Waals surface area contributed by atoms with Crippen LogP contribution in [0, 0.1) is 0 Å². The minimum Gasteiger partial charge on any atom is -0.388 e. The zero-order valence-corrected chi connectivity index (χ0v) is 11.6. The quantitative estimate of drug-likeness (QED) is 0.783. The van der Waals surface area contributed by atoms with E-state index in [9.17, 15) is 5.11 Å². The molecule has 1 atom stereocenters. The Morgan fingerprint density at radius 3 is 2.75 bits per heavy atom. The Kier molecular flexibility index (Phi) is 3.68. The normalized spacial score (nSPS) is 12.5. The number of rotatable bonds is 3. The molecule has 2 nitrogen and oxygen atoms in total. The molecule has 0 saturated carbocycles. The van der Waals surface area contributed by atoms with Crippen LogP contribution in [0.1, 0.15) is 17.2 Å². The average Bonchev–Trinajstić information content (AvgIpc) is 2.49. The van der Waals surface area contributed by atoms with E-state index in [1.54, 1.807) is 6.20 Å². The number of benzene rings is 2. The predicted molar refractivity (Wildman–Crippen MR) is 81.9 cm³/mol. The first-order chi connectivity index (χ1) is 9.74. The molecular weight excluding hydrogens is 270 g/mol. The van der Waals surface area contributed by atoms with Crippen LogP contribution in [0.15, 0.2) is 60.8 Å². The van der Waals surface area contributed by atoms with Gasteiger partial charge in [0.15, 0.2) is 0 Å². The molecule has 0 fully saturated rings. The van der Waals surface area contributed by atoms with Gasteiger partial charge >= 0.3 is 0 Å². The zero-order chi connectivity index (χ0) is 13.9. The van der Waals surface area contributed by atoms with Gasteiger partial charge in [-0.25, -0.2) is 0 Å². The molecule has 0 aliphatic rings. The molecule has 100 valence electrons. The van der Waals surface area contributed by atoms with Crippen LogP contribution >= 0.6 is 11.6 Å². The number of aliphatic hydroxyl groups excluding tert-OH is 1. The first-order valence-electron chi connectivity index (χ1n) is 6.50. The van der Waals surface area contributed by atoms with Crippen molar-refractivity contribution in [3.8, 4) is 0 Å². The van der Waals surface area contributed by atoms with Crippen LogP contribution in [0.2, 0.25) is 5.02 Å². The minimum absolute atomic E-state index is 0.498. The number of hydrogen-bond acceptors (Lipinski definition) is 2. The standard InChI is InChI=1S/C17H14ClNO/c18-15-6-2-1-4-13(15)11-17(20)14-8-7-12-5-3-9-19-16(12)10-14/h1-10,17,20H,11H2. The fourth-order valence-electron chi connectivity index (χ4n) is 2.28. The molecule has 0 spiro atoms. The molecule has 20 heavy (non-hydrogen) atoms. The molecule has 1 unspecified atom stereocenters. The highest BCUT2D eigenvalue weighted by molar-refractivity contribution is 6.31. The lowest BCUT2D eigenvalue weighted by molar-refractivity contribution is 0.178. The van der Waals surface area contributed by atoms with Crippen LogP contribution in [0.4, 0.5) is 0 Å². The molecule has 1 heterocycles. The summed E-state index contributed by atoms with van der Waals surface area (Å²) in [6.45, 7) is 0. The van der Waals surface area contributed by atoms with Gasteiger partial charge in [-0.1, -0.05) is 48.0 Å². The smallest absolute Gasteiger partial charge is 0.0831 e. The molecule has 3 rings (SSSR count). The second kappa shape index (κ2) is 5.61. The van der Waals surface area contributed by atoms with Gasteiger partial charge < -0.3 is 5.11 Å². The number of aromatic nitrogens is 1. The Morgan fingerprint density at radius 2 is 1.90 bits per heavy atom. The Bertz CT molecular complexity index is 742. The largest absolute Gasteiger partial charge is 0.388 e. The molecule has 1 N–H and O–H groups in total. The summed E-state index contributed by atoms with van der Waals surface area (Å²) in [6.07, 6.45) is 1.67. The Hall–Kier alpha value is -1.90. The number of fused-ring (bicyclic) bond motifs is 1. The van der Waals surface area contributed by atoms with E-state index in [4.69, 9.17) is 11.6 Å². The number of hydrogen-bond donors (Lipinski definition) is 1. The van der Waals surface area contributed by atoms with E-state index < -0.39 is 6.10 Å². The van der Waals surface area contributed by atoms with Gasteiger partial charge in [0.2, 0.25) is 0 Å². The van der Waals surface area contributed by atoms with E-state index >= 15 is 0 Å². The summed E-state index contributed by atoms with van der Waals surface area (Å²) in [7, 11) is 0. The average molecular weight is 284 g/mol. The summed E-state index contributed by atoms with van der Waals surface area (Å²) in [5.41, 5.74) is 2.70. The van der Waals surface area contributed by atoms with Gasteiger partial charge in [0.1, 0.15) is 0 Å². The van der Waals surface area contributed by atoms with E-state index in [2.05, 4.69) is 4.98 Å². The summed E-state index contributed by atoms with van der Waals surface area (Å²) >= 11 is 6.13. The predicted octanol–water partition coefficient (Wildman–Crippen LogP) is 4.16. The number of halogens is 1. The second-order valence-corrected chi connectivity index (χ2v) is 5.17. The van der Waals surface area contributed by atoms with Gasteiger partial charge in [0, 0.05) is 23.0 Å². The minimum atomic E-state index is -0.582. The Labute approximate surface area is 122 Å². The summed E-state index contributed by atoms with van der Waals surface area (Å²) in [6, 6.07) is 17.3. The van der Waals surface area contributed by atoms with Gasteiger partial charge in [-0.05, 0) is 29.3 Å². The van der Waals surface area contributed by atoms with E-state index in [1.165, 1.54) is 0 Å². The highest BCUT2D eigenvalue weighted by Gasteiger charge is 2.11. The van der Waals surface area contributed by atoms with Crippen LogP contribution in [-0.2, 0) is 6.42 Å². The monoisotopic (exact) mass is 283 g/mol. The lowest BCUT2D eigenvalue weighted by Gasteiger charge is -2.12. The molecule has 0 aliphatic heterocycles. The lowest BCUT2D eigenvalue weighted by Crippen LogP contribution is -2.02. The fraction of sp³-hybridized carbons (Fsp3) is 0.118. The van der Waals surface area contributed by atoms with Crippen molar-refractivity contribution >= 4 is 22.5 Å². The SMILES string of the molecule is OC(Cc1ccccc1Cl)c1ccc2cccnc2c1. The van der Waals surface area contributed by atoms with E-state index in [1.807, 2.05) is 54.6 Å². The molecule has 2 aromatic carbocycles. The van der Waals surface area contributed by atoms with Crippen molar-refractivity contribution in [2.24, 2.45) is 0 Å². The fourth-order valence-corrected chi connectivity index (χ4v) is 2.49. The number of aliphatic hydroxyl groups is 1. The summed E-state index contributed by atoms with van der Waals surface area (Å²) < 4.78 is 0. The van der Waals surface area contributed by atoms with Crippen molar-refractivity contribution in [2.75, 3.05) is 0 Å². The van der Waals surface area contributed by atoms with Crippen LogP contribution in [0.3, 0.4) is 0 Å². The molecule has 0 radical (unpaired) electrons. The van der Waals surface area contributed by atoms with Gasteiger partial charge in [-0.3, -0.25) is 4.98 Å². The van der Waals surface area contributed by atoms with Crippen molar-refractivity contribution in [2.45, 2.75) is 12.5 Å². The summed E-state index contributed by atoms with van der Waals surface area (Å²) in [5.74, 6) is 0. The number of nitrogens with zero attached hydrogens (tertiary/aromatic N) is 1. The second-order valence-electron chi connectivity index (χ2n) is 4.77. The third-order valence-electron chi connectivity index (χ3n) is 3.39. The maximum atomic E-state index is 10.4. The Morgan fingerprint density at radius 1 is 1.05 bits per heavy atom. The van der Waals surface area contributed by atoms with Crippen molar-refractivity contribution in [3.05, 3.63) is 76.9 Å². The highest BCUT2D eigenvalue weighted by Crippen LogP contribution is 2.25. The van der Waals surface area contributed by atoms with Crippen molar-refractivity contribution in [1.82, 2.24) is 4.98 Å². The molecule has 3 aromatic rings. The van der Waals surface area contributed by atoms with Crippen LogP contribution in [-0.4, -0.2) is 10.1 Å². The van der Waals surface area contributed by atoms with Crippen molar-refractivity contribution in [3.63, 3.8) is 0 Å². The third kappa shape index (κ3) is 2.67. The molecule has 0 saturated heterocycles. The summed E-state index contributed by atoms with van der Waals surface area (Å²) in [5, 5.41) is 12.1. The summed E-state index contributed by atoms with van der Waals surface area (Å²) in [4.78, 5) is 4.31. The van der Waals surface area contributed by atoms with E-state index in [0.29, 0.717) is 11.4 Å². The van der Waals surface area contributed by atoms with Crippen LogP contribution in [0.25, 0.3) is 10.9 Å². The number of pyridine rings is 1. The Balaban J connectivity index is 1.89. The molecule has 0 amide bonds. The van der Waals surface area contributed by atoms with Gasteiger partial charge in [-0.2, -0.15) is 0 Å². The van der Waals surface area contributed by atoms with E-state index in [0.717, 1.165) is 22.0 Å². The van der Waals surface area contributed by atoms with Gasteiger partial charge in [0.05, 0.1) is 11.6 Å². The maximum absolute atomic E-state index is 10.4. The molecule has 0 aliphatic carbocycles. The molecule has 1 aromatic heterocycles. The molecular formula is C17H14ClNO. The van der Waals surface area contributed by atoms with E-state index in [-0.39, 0.29) is 0 Å². The zero-order valence-electron chi connectivity index (χ0n) is 10.8. The molecule has 3 heteroatoms. The van der Waals surface area contributed by atoms with Crippen LogP contribution < -0.4 is 0 Å². The lowest BCUT2D eigenvalue weighted by atomic mass is 10.00. The topological polar surface area (TPSA) is 33.1 Å².